The number of carbonyl (C=O) groups excluding carboxylic acids is 1. The number of amides is 1. The molecule has 0 spiro atoms. The van der Waals surface area contributed by atoms with Gasteiger partial charge in [0, 0.05) is 12.7 Å². The molecule has 2 aromatic carbocycles. The van der Waals surface area contributed by atoms with Gasteiger partial charge in [-0.05, 0) is 42.3 Å². The molecule has 1 aromatic heterocycles. The number of ether oxygens (including phenoxy) is 3. The predicted molar refractivity (Wildman–Crippen MR) is 110 cm³/mol. The van der Waals surface area contributed by atoms with Crippen LogP contribution in [0.5, 0.6) is 17.2 Å². The van der Waals surface area contributed by atoms with E-state index in [0.717, 1.165) is 5.56 Å². The lowest BCUT2D eigenvalue weighted by molar-refractivity contribution is 0.0933. The van der Waals surface area contributed by atoms with Gasteiger partial charge in [0.1, 0.15) is 11.4 Å². The molecule has 152 valence electrons. The van der Waals surface area contributed by atoms with Crippen molar-refractivity contribution in [3.63, 3.8) is 0 Å². The molecule has 7 nitrogen and oxygen atoms in total. The monoisotopic (exact) mass is 415 g/mol. The van der Waals surface area contributed by atoms with Crippen LogP contribution in [0.3, 0.4) is 0 Å². The van der Waals surface area contributed by atoms with E-state index in [1.807, 2.05) is 30.3 Å². The number of hydrogen-bond acceptors (Lipinski definition) is 5. The Labute approximate surface area is 174 Å². The quantitative estimate of drug-likeness (QED) is 0.578. The first-order valence-corrected chi connectivity index (χ1v) is 9.38. The molecule has 1 N–H and O–H groups in total. The Hall–Kier alpha value is -3.19. The van der Waals surface area contributed by atoms with E-state index in [1.54, 1.807) is 38.6 Å². The summed E-state index contributed by atoms with van der Waals surface area (Å²) in [6, 6.07) is 14.5. The lowest BCUT2D eigenvalue weighted by Gasteiger charge is -2.12. The Morgan fingerprint density at radius 3 is 2.62 bits per heavy atom. The first kappa shape index (κ1) is 20.5. The first-order chi connectivity index (χ1) is 14.1. The molecule has 29 heavy (non-hydrogen) atoms. The van der Waals surface area contributed by atoms with Crippen molar-refractivity contribution in [1.82, 2.24) is 15.1 Å². The highest BCUT2D eigenvalue weighted by atomic mass is 35.5. The van der Waals surface area contributed by atoms with Gasteiger partial charge < -0.3 is 19.5 Å². The van der Waals surface area contributed by atoms with Gasteiger partial charge in [0.05, 0.1) is 19.2 Å². The van der Waals surface area contributed by atoms with Crippen LogP contribution >= 0.6 is 11.6 Å². The molecule has 0 fully saturated rings. The van der Waals surface area contributed by atoms with Crippen LogP contribution < -0.4 is 19.5 Å². The third-order valence-corrected chi connectivity index (χ3v) is 4.59. The maximum absolute atomic E-state index is 12.5. The predicted octanol–water partition coefficient (Wildman–Crippen LogP) is 3.56. The van der Waals surface area contributed by atoms with Crippen molar-refractivity contribution in [2.24, 2.45) is 0 Å². The summed E-state index contributed by atoms with van der Waals surface area (Å²) in [7, 11) is 3.19. The third kappa shape index (κ3) is 5.20. The van der Waals surface area contributed by atoms with E-state index in [9.17, 15) is 4.79 Å². The van der Waals surface area contributed by atoms with Crippen LogP contribution in [0.4, 0.5) is 0 Å². The van der Waals surface area contributed by atoms with Crippen molar-refractivity contribution in [1.29, 1.82) is 0 Å². The van der Waals surface area contributed by atoms with E-state index in [1.165, 1.54) is 4.68 Å². The van der Waals surface area contributed by atoms with Gasteiger partial charge in [0.15, 0.2) is 18.2 Å². The van der Waals surface area contributed by atoms with Crippen LogP contribution in [0, 0.1) is 0 Å². The van der Waals surface area contributed by atoms with Gasteiger partial charge in [-0.15, -0.1) is 0 Å². The lowest BCUT2D eigenvalue weighted by Crippen LogP contribution is -2.28. The van der Waals surface area contributed by atoms with Crippen molar-refractivity contribution >= 4 is 17.5 Å². The van der Waals surface area contributed by atoms with E-state index in [2.05, 4.69) is 10.4 Å². The molecule has 0 unspecified atom stereocenters. The molecule has 1 amide bonds. The maximum atomic E-state index is 12.5. The largest absolute Gasteiger partial charge is 0.493 e. The summed E-state index contributed by atoms with van der Waals surface area (Å²) in [5.74, 6) is 1.63. The minimum absolute atomic E-state index is 0.0785. The standard InChI is InChI=1S/C21H22ClN3O4/c1-27-19-8-7-15(13-20(19)28-2)9-11-23-21(26)17-10-12-24-25(17)14-29-18-6-4-3-5-16(18)22/h3-8,10,12-13H,9,11,14H2,1-2H3,(H,23,26). The number of nitrogens with zero attached hydrogens (tertiary/aromatic N) is 2. The normalized spacial score (nSPS) is 10.4. The Balaban J connectivity index is 1.55. The fourth-order valence-electron chi connectivity index (χ4n) is 2.77. The summed E-state index contributed by atoms with van der Waals surface area (Å²) < 4.78 is 17.7. The Morgan fingerprint density at radius 2 is 1.86 bits per heavy atom. The molecule has 0 radical (unpaired) electrons. The fourth-order valence-corrected chi connectivity index (χ4v) is 2.96. The van der Waals surface area contributed by atoms with Crippen molar-refractivity contribution in [3.05, 3.63) is 71.0 Å². The third-order valence-electron chi connectivity index (χ3n) is 4.28. The Kier molecular flexibility index (Phi) is 6.97. The number of carbonyl (C=O) groups is 1. The van der Waals surface area contributed by atoms with Crippen LogP contribution in [0.15, 0.2) is 54.7 Å². The summed E-state index contributed by atoms with van der Waals surface area (Å²) >= 11 is 6.08. The summed E-state index contributed by atoms with van der Waals surface area (Å²) in [6.45, 7) is 0.542. The van der Waals surface area contributed by atoms with E-state index < -0.39 is 0 Å². The molecule has 1 heterocycles. The highest BCUT2D eigenvalue weighted by Crippen LogP contribution is 2.27. The number of para-hydroxylation sites is 1. The number of halogens is 1. The molecule has 3 rings (SSSR count). The molecule has 0 saturated carbocycles. The Morgan fingerprint density at radius 1 is 1.07 bits per heavy atom. The lowest BCUT2D eigenvalue weighted by atomic mass is 10.1. The van der Waals surface area contributed by atoms with Crippen molar-refractivity contribution < 1.29 is 19.0 Å². The molecule has 0 saturated heterocycles. The van der Waals surface area contributed by atoms with E-state index >= 15 is 0 Å². The SMILES string of the molecule is COc1ccc(CCNC(=O)c2ccnn2COc2ccccc2Cl)cc1OC. The molecule has 0 aliphatic carbocycles. The van der Waals surface area contributed by atoms with E-state index in [-0.39, 0.29) is 12.6 Å². The number of rotatable bonds is 9. The van der Waals surface area contributed by atoms with Gasteiger partial charge in [-0.25, -0.2) is 4.68 Å². The average Bonchev–Trinajstić information content (AvgIpc) is 3.21. The molecule has 0 aliphatic rings. The minimum Gasteiger partial charge on any atom is -0.493 e. The summed E-state index contributed by atoms with van der Waals surface area (Å²) in [5.41, 5.74) is 1.43. The zero-order valence-corrected chi connectivity index (χ0v) is 17.0. The van der Waals surface area contributed by atoms with Gasteiger partial charge >= 0.3 is 0 Å². The first-order valence-electron chi connectivity index (χ1n) is 9.00. The molecule has 8 heteroatoms. The second-order valence-corrected chi connectivity index (χ2v) is 6.52. The smallest absolute Gasteiger partial charge is 0.269 e. The number of aromatic nitrogens is 2. The van der Waals surface area contributed by atoms with Crippen LogP contribution in [0.25, 0.3) is 0 Å². The van der Waals surface area contributed by atoms with Crippen LogP contribution in [-0.2, 0) is 13.2 Å². The van der Waals surface area contributed by atoms with Crippen LogP contribution in [0.1, 0.15) is 16.1 Å². The molecular weight excluding hydrogens is 394 g/mol. The summed E-state index contributed by atoms with van der Waals surface area (Å²) in [5, 5.41) is 7.54. The van der Waals surface area contributed by atoms with Crippen LogP contribution in [0.2, 0.25) is 5.02 Å². The zero-order chi connectivity index (χ0) is 20.6. The summed E-state index contributed by atoms with van der Waals surface area (Å²) in [4.78, 5) is 12.5. The van der Waals surface area contributed by atoms with Gasteiger partial charge in [0.25, 0.3) is 5.91 Å². The van der Waals surface area contributed by atoms with E-state index in [0.29, 0.717) is 40.9 Å². The highest BCUT2D eigenvalue weighted by Gasteiger charge is 2.13. The molecule has 0 atom stereocenters. The van der Waals surface area contributed by atoms with Crippen LogP contribution in [-0.4, -0.2) is 36.5 Å². The average molecular weight is 416 g/mol. The van der Waals surface area contributed by atoms with Crippen molar-refractivity contribution in [2.75, 3.05) is 20.8 Å². The van der Waals surface area contributed by atoms with Gasteiger partial charge in [0.2, 0.25) is 0 Å². The number of benzene rings is 2. The number of hydrogen-bond donors (Lipinski definition) is 1. The Bertz CT molecular complexity index is 974. The minimum atomic E-state index is -0.231. The van der Waals surface area contributed by atoms with E-state index in [4.69, 9.17) is 25.8 Å². The summed E-state index contributed by atoms with van der Waals surface area (Å²) in [6.07, 6.45) is 2.20. The van der Waals surface area contributed by atoms with Gasteiger partial charge in [-0.2, -0.15) is 5.10 Å². The van der Waals surface area contributed by atoms with Gasteiger partial charge in [-0.3, -0.25) is 4.79 Å². The van der Waals surface area contributed by atoms with Gasteiger partial charge in [-0.1, -0.05) is 29.8 Å². The number of methoxy groups -OCH3 is 2. The number of nitrogens with one attached hydrogen (secondary N) is 1. The maximum Gasteiger partial charge on any atom is 0.269 e. The second kappa shape index (κ2) is 9.84. The second-order valence-electron chi connectivity index (χ2n) is 6.12. The molecule has 0 aliphatic heterocycles. The highest BCUT2D eigenvalue weighted by molar-refractivity contribution is 6.32. The molecule has 3 aromatic rings. The van der Waals surface area contributed by atoms with Crippen molar-refractivity contribution in [3.8, 4) is 17.2 Å². The molecular formula is C21H22ClN3O4. The molecule has 0 bridgehead atoms. The zero-order valence-electron chi connectivity index (χ0n) is 16.2. The van der Waals surface area contributed by atoms with Crippen molar-refractivity contribution in [2.45, 2.75) is 13.2 Å². The fraction of sp³-hybridized carbons (Fsp3) is 0.238. The topological polar surface area (TPSA) is 74.6 Å².